The van der Waals surface area contributed by atoms with Gasteiger partial charge in [-0.1, -0.05) is 46.5 Å². The number of hydrogen-bond donors (Lipinski definition) is 3. The van der Waals surface area contributed by atoms with Crippen LogP contribution in [0.4, 0.5) is 5.82 Å². The van der Waals surface area contributed by atoms with Gasteiger partial charge in [0.25, 0.3) is 11.8 Å². The normalized spacial score (nSPS) is 19.0. The minimum Gasteiger partial charge on any atom is -0.477 e. The summed E-state index contributed by atoms with van der Waals surface area (Å²) in [6.07, 6.45) is 1.36. The van der Waals surface area contributed by atoms with Gasteiger partial charge in [0.1, 0.15) is 28.4 Å². The van der Waals surface area contributed by atoms with E-state index in [0.29, 0.717) is 27.2 Å². The lowest BCUT2D eigenvalue weighted by atomic mass is 10.0. The van der Waals surface area contributed by atoms with Crippen molar-refractivity contribution in [2.24, 2.45) is 5.16 Å². The number of hydrogen-bond acceptors (Lipinski definition) is 13. The zero-order chi connectivity index (χ0) is 26.6. The zero-order valence-electron chi connectivity index (χ0n) is 19.3. The van der Waals surface area contributed by atoms with Crippen molar-refractivity contribution in [2.75, 3.05) is 17.2 Å². The molecule has 2 amide bonds. The van der Waals surface area contributed by atoms with Crippen LogP contribution in [0.5, 0.6) is 5.75 Å². The summed E-state index contributed by atoms with van der Waals surface area (Å²) in [5.74, 6) is -1.45. The molecule has 2 atom stereocenters. The van der Waals surface area contributed by atoms with E-state index in [4.69, 9.17) is 10.6 Å². The van der Waals surface area contributed by atoms with E-state index in [9.17, 15) is 19.5 Å². The first-order valence-corrected chi connectivity index (χ1v) is 13.8. The lowest BCUT2D eigenvalue weighted by Gasteiger charge is -2.49. The highest BCUT2D eigenvalue weighted by Crippen LogP contribution is 2.41. The molecule has 0 spiro atoms. The molecule has 0 radical (unpaired) electrons. The lowest BCUT2D eigenvalue weighted by molar-refractivity contribution is -0.150. The Kier molecular flexibility index (Phi) is 7.52. The van der Waals surface area contributed by atoms with E-state index >= 15 is 0 Å². The van der Waals surface area contributed by atoms with Crippen LogP contribution in [0, 0.1) is 0 Å². The minimum absolute atomic E-state index is 0.0817. The van der Waals surface area contributed by atoms with Crippen molar-refractivity contribution in [2.45, 2.75) is 15.8 Å². The number of carboxylic acids is 1. The maximum atomic E-state index is 13.2. The summed E-state index contributed by atoms with van der Waals surface area (Å²) >= 11 is 4.05. The number of carbonyl (C=O) groups is 3. The van der Waals surface area contributed by atoms with E-state index in [-0.39, 0.29) is 23.1 Å². The van der Waals surface area contributed by atoms with Crippen molar-refractivity contribution in [3.8, 4) is 5.75 Å². The number of carboxylic acid groups (broad SMARTS) is 1. The van der Waals surface area contributed by atoms with Crippen LogP contribution < -0.4 is 15.9 Å². The van der Waals surface area contributed by atoms with Crippen molar-refractivity contribution in [3.05, 3.63) is 65.2 Å². The maximum Gasteiger partial charge on any atom is 0.352 e. The van der Waals surface area contributed by atoms with Crippen LogP contribution in [-0.4, -0.2) is 76.6 Å². The Morgan fingerprint density at radius 2 is 2.11 bits per heavy atom. The van der Waals surface area contributed by atoms with Gasteiger partial charge in [-0.15, -0.1) is 22.0 Å². The number of nitrogen functional groups attached to an aromatic ring is 1. The number of fused-ring (bicyclic) bond motifs is 1. The predicted molar refractivity (Wildman–Crippen MR) is 140 cm³/mol. The van der Waals surface area contributed by atoms with Crippen LogP contribution in [0.15, 0.2) is 68.9 Å². The fourth-order valence-electron chi connectivity index (χ4n) is 3.63. The number of nitrogens with zero attached hydrogens (tertiary/aromatic N) is 6. The number of benzene rings is 1. The molecule has 194 valence electrons. The van der Waals surface area contributed by atoms with Crippen LogP contribution in [0.2, 0.25) is 0 Å². The molecule has 0 aliphatic carbocycles. The molecule has 1 fully saturated rings. The van der Waals surface area contributed by atoms with Gasteiger partial charge in [0.05, 0.1) is 0 Å². The molecular weight excluding hydrogens is 552 g/mol. The molecule has 2 aromatic heterocycles. The van der Waals surface area contributed by atoms with Gasteiger partial charge in [0.2, 0.25) is 5.71 Å². The standard InChI is InChI=1S/C22H18N8O5S3/c23-13-6-7-24-17(26-13)14(29-35-12-4-2-1-3-5-12)18(31)27-15-19(32)30-16(21(33)34)11(8-36-20(15)30)9-37-22-28-25-10-38-22/h1-7,10,15,20H,8-9H2,(H,27,31)(H,33,34)(H2,23,24,26)/b29-14+/t15?,20-/m1/s1. The molecular formula is C22H18N8O5S3. The molecule has 16 heteroatoms. The molecule has 38 heavy (non-hydrogen) atoms. The second-order valence-corrected chi connectivity index (χ2v) is 10.9. The summed E-state index contributed by atoms with van der Waals surface area (Å²) in [6, 6.07) is 9.01. The van der Waals surface area contributed by atoms with E-state index < -0.39 is 29.2 Å². The number of para-hydroxylation sites is 1. The monoisotopic (exact) mass is 570 g/mol. The van der Waals surface area contributed by atoms with Gasteiger partial charge >= 0.3 is 5.97 Å². The molecule has 0 saturated carbocycles. The smallest absolute Gasteiger partial charge is 0.352 e. The van der Waals surface area contributed by atoms with E-state index in [1.807, 2.05) is 0 Å². The fourth-order valence-corrected chi connectivity index (χ4v) is 6.60. The summed E-state index contributed by atoms with van der Waals surface area (Å²) in [5.41, 5.74) is 7.55. The van der Waals surface area contributed by atoms with Gasteiger partial charge in [-0.25, -0.2) is 14.8 Å². The van der Waals surface area contributed by atoms with E-state index in [0.717, 1.165) is 0 Å². The second kappa shape index (κ2) is 11.2. The summed E-state index contributed by atoms with van der Waals surface area (Å²) in [5, 5.41) is 23.5. The van der Waals surface area contributed by atoms with Crippen molar-refractivity contribution in [1.82, 2.24) is 30.4 Å². The number of carbonyl (C=O) groups excluding carboxylic acids is 2. The van der Waals surface area contributed by atoms with E-state index in [1.165, 1.54) is 52.0 Å². The molecule has 4 heterocycles. The number of nitrogens with two attached hydrogens (primary N) is 1. The fraction of sp³-hybridized carbons (Fsp3) is 0.182. The summed E-state index contributed by atoms with van der Waals surface area (Å²) in [6.45, 7) is 0. The Balaban J connectivity index is 1.34. The third-order valence-corrected chi connectivity index (χ3v) is 8.62. The number of oxime groups is 1. The number of anilines is 1. The Morgan fingerprint density at radius 3 is 2.82 bits per heavy atom. The van der Waals surface area contributed by atoms with Gasteiger partial charge in [-0.05, 0) is 23.8 Å². The Bertz CT molecular complexity index is 1430. The number of rotatable bonds is 9. The molecule has 1 unspecified atom stereocenters. The highest BCUT2D eigenvalue weighted by molar-refractivity contribution is 8.01. The summed E-state index contributed by atoms with van der Waals surface area (Å²) in [4.78, 5) is 53.1. The highest BCUT2D eigenvalue weighted by atomic mass is 32.2. The van der Waals surface area contributed by atoms with Gasteiger partial charge in [-0.2, -0.15) is 0 Å². The molecule has 0 bridgehead atoms. The third-order valence-electron chi connectivity index (χ3n) is 5.34. The first kappa shape index (κ1) is 25.6. The van der Waals surface area contributed by atoms with E-state index in [2.05, 4.69) is 30.6 Å². The van der Waals surface area contributed by atoms with E-state index in [1.54, 1.807) is 35.8 Å². The number of nitrogens with one attached hydrogen (secondary N) is 1. The summed E-state index contributed by atoms with van der Waals surface area (Å²) < 4.78 is 0.697. The highest BCUT2D eigenvalue weighted by Gasteiger charge is 2.54. The van der Waals surface area contributed by atoms with Crippen molar-refractivity contribution < 1.29 is 24.3 Å². The Labute approximate surface area is 227 Å². The topological polar surface area (TPSA) is 186 Å². The number of aliphatic carboxylic acids is 1. The van der Waals surface area contributed by atoms with Crippen LogP contribution in [0.1, 0.15) is 5.82 Å². The predicted octanol–water partition coefficient (Wildman–Crippen LogP) is 1.22. The Morgan fingerprint density at radius 1 is 1.29 bits per heavy atom. The Hall–Kier alpha value is -4.02. The second-order valence-electron chi connectivity index (χ2n) is 7.76. The van der Waals surface area contributed by atoms with Crippen LogP contribution in [0.25, 0.3) is 0 Å². The van der Waals surface area contributed by atoms with Crippen molar-refractivity contribution >= 4 is 64.2 Å². The largest absolute Gasteiger partial charge is 0.477 e. The third kappa shape index (κ3) is 5.32. The molecule has 5 rings (SSSR count). The van der Waals surface area contributed by atoms with Gasteiger partial charge < -0.3 is 21.0 Å². The molecule has 2 aliphatic heterocycles. The molecule has 2 aliphatic rings. The SMILES string of the molecule is Nc1ccnc(/C(=N\Oc2ccccc2)C(=O)NC2C(=O)N3C(C(=O)O)=C(CSc4nncs4)CS[C@H]23)n1. The quantitative estimate of drug-likeness (QED) is 0.145. The van der Waals surface area contributed by atoms with Crippen LogP contribution in [-0.2, 0) is 14.4 Å². The number of amides is 2. The van der Waals surface area contributed by atoms with Crippen LogP contribution in [0.3, 0.4) is 0 Å². The molecule has 1 aromatic carbocycles. The average molecular weight is 571 g/mol. The summed E-state index contributed by atoms with van der Waals surface area (Å²) in [7, 11) is 0. The number of thioether (sulfide) groups is 2. The van der Waals surface area contributed by atoms with Gasteiger partial charge in [0, 0.05) is 17.7 Å². The van der Waals surface area contributed by atoms with Crippen molar-refractivity contribution in [3.63, 3.8) is 0 Å². The number of β-lactam (4-membered cyclic amide) rings is 1. The van der Waals surface area contributed by atoms with Crippen LogP contribution >= 0.6 is 34.9 Å². The lowest BCUT2D eigenvalue weighted by Crippen LogP contribution is -2.71. The maximum absolute atomic E-state index is 13.2. The minimum atomic E-state index is -1.21. The molecule has 1 saturated heterocycles. The average Bonchev–Trinajstić information content (AvgIpc) is 3.44. The molecule has 13 nitrogen and oxygen atoms in total. The first-order valence-electron chi connectivity index (χ1n) is 10.9. The van der Waals surface area contributed by atoms with Gasteiger partial charge in [-0.3, -0.25) is 14.5 Å². The zero-order valence-corrected chi connectivity index (χ0v) is 21.7. The number of aromatic nitrogens is 4. The molecule has 4 N–H and O–H groups in total. The van der Waals surface area contributed by atoms with Crippen molar-refractivity contribution in [1.29, 1.82) is 0 Å². The first-order chi connectivity index (χ1) is 18.4. The van der Waals surface area contributed by atoms with Gasteiger partial charge in [0.15, 0.2) is 15.9 Å². The molecule has 3 aromatic rings.